The molecule has 24 heavy (non-hydrogen) atoms. The normalized spacial score (nSPS) is 26.8. The highest BCUT2D eigenvalue weighted by atomic mass is 32.2. The van der Waals surface area contributed by atoms with E-state index in [0.29, 0.717) is 0 Å². The van der Waals surface area contributed by atoms with E-state index in [-0.39, 0.29) is 4.90 Å². The van der Waals surface area contributed by atoms with Gasteiger partial charge in [-0.05, 0) is 24.6 Å². The molecule has 1 saturated heterocycles. The molecule has 4 atom stereocenters. The van der Waals surface area contributed by atoms with Gasteiger partial charge in [0.25, 0.3) is 10.1 Å². The molecule has 1 aliphatic rings. The fraction of sp³-hybridized carbons (Fsp3) is 0.462. The lowest BCUT2D eigenvalue weighted by atomic mass is 10.1. The number of rotatable bonds is 6. The fourth-order valence-corrected chi connectivity index (χ4v) is 3.30. The third kappa shape index (κ3) is 3.66. The maximum atomic E-state index is 12.4. The summed E-state index contributed by atoms with van der Waals surface area (Å²) in [5.41, 5.74) is 9.47. The van der Waals surface area contributed by atoms with Crippen LogP contribution in [0.1, 0.15) is 5.56 Å². The van der Waals surface area contributed by atoms with E-state index in [2.05, 4.69) is 10.0 Å². The van der Waals surface area contributed by atoms with Crippen LogP contribution in [0.5, 0.6) is 0 Å². The summed E-state index contributed by atoms with van der Waals surface area (Å²) >= 11 is 0. The van der Waals surface area contributed by atoms with E-state index in [4.69, 9.17) is 24.3 Å². The van der Waals surface area contributed by atoms with Crippen LogP contribution in [-0.2, 0) is 28.6 Å². The number of aliphatic carboxylic acids is 1. The van der Waals surface area contributed by atoms with Crippen LogP contribution in [0.15, 0.2) is 34.3 Å². The Labute approximate surface area is 137 Å². The molecule has 10 nitrogen and oxygen atoms in total. The molecule has 0 aromatic heterocycles. The van der Waals surface area contributed by atoms with Gasteiger partial charge in [0.1, 0.15) is 12.1 Å². The van der Waals surface area contributed by atoms with Gasteiger partial charge in [0.2, 0.25) is 0 Å². The molecule has 1 N–H and O–H groups in total. The van der Waals surface area contributed by atoms with Crippen molar-refractivity contribution in [2.45, 2.75) is 36.4 Å². The van der Waals surface area contributed by atoms with Crippen molar-refractivity contribution in [2.75, 3.05) is 7.11 Å². The fourth-order valence-electron chi connectivity index (χ4n) is 2.22. The van der Waals surface area contributed by atoms with Gasteiger partial charge in [-0.15, -0.1) is 0 Å². The summed E-state index contributed by atoms with van der Waals surface area (Å²) < 4.78 is 39.8. The topological polar surface area (TPSA) is 148 Å². The summed E-state index contributed by atoms with van der Waals surface area (Å²) in [5.74, 6) is -1.42. The number of azide groups is 1. The predicted octanol–water partition coefficient (Wildman–Crippen LogP) is 1.20. The van der Waals surface area contributed by atoms with Crippen molar-refractivity contribution in [3.05, 3.63) is 40.3 Å². The predicted molar refractivity (Wildman–Crippen MR) is 79.5 cm³/mol. The number of carbonyl (C=O) groups is 1. The molecule has 0 unspecified atom stereocenters. The maximum Gasteiger partial charge on any atom is 0.333 e. The highest BCUT2D eigenvalue weighted by Gasteiger charge is 2.51. The first-order chi connectivity index (χ1) is 11.3. The zero-order valence-corrected chi connectivity index (χ0v) is 13.6. The van der Waals surface area contributed by atoms with Gasteiger partial charge in [-0.2, -0.15) is 8.42 Å². The van der Waals surface area contributed by atoms with E-state index in [1.165, 1.54) is 19.2 Å². The van der Waals surface area contributed by atoms with E-state index in [9.17, 15) is 13.2 Å². The Morgan fingerprint density at radius 2 is 2.00 bits per heavy atom. The summed E-state index contributed by atoms with van der Waals surface area (Å²) in [7, 11) is -3.05. The number of hydrogen-bond acceptors (Lipinski definition) is 7. The van der Waals surface area contributed by atoms with Crippen LogP contribution >= 0.6 is 0 Å². The van der Waals surface area contributed by atoms with Gasteiger partial charge < -0.3 is 14.6 Å². The van der Waals surface area contributed by atoms with Gasteiger partial charge in [0, 0.05) is 12.0 Å². The second-order valence-electron chi connectivity index (χ2n) is 5.02. The summed E-state index contributed by atoms with van der Waals surface area (Å²) in [4.78, 5) is 13.6. The van der Waals surface area contributed by atoms with Crippen molar-refractivity contribution in [1.82, 2.24) is 0 Å². The molecule has 130 valence electrons. The van der Waals surface area contributed by atoms with Crippen LogP contribution in [0.4, 0.5) is 0 Å². The molecule has 0 bridgehead atoms. The van der Waals surface area contributed by atoms with Crippen LogP contribution < -0.4 is 0 Å². The number of benzene rings is 1. The average molecular weight is 357 g/mol. The molecule has 1 aromatic carbocycles. The van der Waals surface area contributed by atoms with Crippen molar-refractivity contribution >= 4 is 16.1 Å². The lowest BCUT2D eigenvalue weighted by Gasteiger charge is -2.19. The Morgan fingerprint density at radius 1 is 1.38 bits per heavy atom. The molecular weight excluding hydrogens is 342 g/mol. The van der Waals surface area contributed by atoms with E-state index in [1.807, 2.05) is 0 Å². The van der Waals surface area contributed by atoms with Gasteiger partial charge in [0.15, 0.2) is 12.4 Å². The van der Waals surface area contributed by atoms with Crippen molar-refractivity contribution in [3.63, 3.8) is 0 Å². The van der Waals surface area contributed by atoms with Crippen LogP contribution in [0.2, 0.25) is 0 Å². The van der Waals surface area contributed by atoms with Gasteiger partial charge in [0.05, 0.1) is 4.90 Å². The smallest absolute Gasteiger partial charge is 0.333 e. The molecule has 0 aliphatic carbocycles. The van der Waals surface area contributed by atoms with E-state index in [0.717, 1.165) is 5.56 Å². The van der Waals surface area contributed by atoms with Crippen molar-refractivity contribution in [2.24, 2.45) is 5.11 Å². The zero-order chi connectivity index (χ0) is 17.9. The molecule has 0 saturated carbocycles. The third-order valence-electron chi connectivity index (χ3n) is 3.40. The number of ether oxygens (including phenoxy) is 2. The average Bonchev–Trinajstić information content (AvgIpc) is 2.86. The molecule has 1 aliphatic heterocycles. The van der Waals surface area contributed by atoms with Gasteiger partial charge in [-0.1, -0.05) is 22.8 Å². The van der Waals surface area contributed by atoms with E-state index in [1.54, 1.807) is 19.1 Å². The Morgan fingerprint density at radius 3 is 2.50 bits per heavy atom. The van der Waals surface area contributed by atoms with Crippen LogP contribution in [0.3, 0.4) is 0 Å². The maximum absolute atomic E-state index is 12.4. The second-order valence-corrected chi connectivity index (χ2v) is 6.59. The lowest BCUT2D eigenvalue weighted by Crippen LogP contribution is -2.38. The Kier molecular flexibility index (Phi) is 5.42. The van der Waals surface area contributed by atoms with Gasteiger partial charge in [-0.3, -0.25) is 4.18 Å². The number of carboxylic acids is 1. The number of nitrogens with zero attached hydrogens (tertiary/aromatic N) is 3. The monoisotopic (exact) mass is 357 g/mol. The highest BCUT2D eigenvalue weighted by Crippen LogP contribution is 2.30. The van der Waals surface area contributed by atoms with E-state index >= 15 is 0 Å². The Bertz CT molecular complexity index is 758. The van der Waals surface area contributed by atoms with Gasteiger partial charge >= 0.3 is 5.97 Å². The number of methoxy groups -OCH3 is 1. The summed E-state index contributed by atoms with van der Waals surface area (Å²) in [6, 6.07) is 4.46. The number of aryl methyl sites for hydroxylation is 1. The van der Waals surface area contributed by atoms with Crippen LogP contribution in [0.25, 0.3) is 10.4 Å². The highest BCUT2D eigenvalue weighted by molar-refractivity contribution is 7.86. The quantitative estimate of drug-likeness (QED) is 0.348. The first-order valence-electron chi connectivity index (χ1n) is 6.75. The Hall–Kier alpha value is -2.17. The minimum Gasteiger partial charge on any atom is -0.479 e. The van der Waals surface area contributed by atoms with Crippen LogP contribution in [-0.4, -0.2) is 51.1 Å². The van der Waals surface area contributed by atoms with Crippen molar-refractivity contribution < 1.29 is 32.0 Å². The first kappa shape index (κ1) is 18.2. The molecule has 1 heterocycles. The summed E-state index contributed by atoms with van der Waals surface area (Å²) in [6.07, 6.45) is -4.33. The lowest BCUT2D eigenvalue weighted by molar-refractivity contribution is -0.169. The molecule has 11 heteroatoms. The SMILES string of the molecule is CO[C@@H]1O[C@H](C(=O)O)[C@H](N=[N+]=[N-])[C@H]1OS(=O)(=O)c1ccc(C)cc1. The standard InChI is InChI=1S/C13H15N3O7S/c1-7-3-5-8(6-4-7)24(19,20)23-11-9(15-16-14)10(12(17)18)22-13(11)21-2/h3-6,9-11,13H,1-2H3,(H,17,18)/t9-,10-,11+,13+/m0/s1. The Balaban J connectivity index is 2.34. The third-order valence-corrected chi connectivity index (χ3v) is 4.73. The first-order valence-corrected chi connectivity index (χ1v) is 8.16. The number of carboxylic acid groups (broad SMARTS) is 1. The molecule has 0 amide bonds. The minimum atomic E-state index is -4.24. The molecule has 1 aromatic rings. The largest absolute Gasteiger partial charge is 0.479 e. The molecule has 0 spiro atoms. The van der Waals surface area contributed by atoms with E-state index < -0.39 is 40.6 Å². The second kappa shape index (κ2) is 7.16. The molecule has 2 rings (SSSR count). The number of hydrogen-bond donors (Lipinski definition) is 1. The van der Waals surface area contributed by atoms with Gasteiger partial charge in [-0.25, -0.2) is 4.79 Å². The van der Waals surface area contributed by atoms with Crippen LogP contribution in [0, 0.1) is 6.92 Å². The summed E-state index contributed by atoms with van der Waals surface area (Å²) in [5, 5.41) is 12.4. The minimum absolute atomic E-state index is 0.124. The molecule has 1 fully saturated rings. The molecule has 0 radical (unpaired) electrons. The van der Waals surface area contributed by atoms with Crippen molar-refractivity contribution in [3.8, 4) is 0 Å². The summed E-state index contributed by atoms with van der Waals surface area (Å²) in [6.45, 7) is 1.79. The molecular formula is C13H15N3O7S. The van der Waals surface area contributed by atoms with Crippen molar-refractivity contribution in [1.29, 1.82) is 0 Å². The zero-order valence-electron chi connectivity index (χ0n) is 12.8.